The van der Waals surface area contributed by atoms with Gasteiger partial charge in [0.25, 0.3) is 0 Å². The fourth-order valence-corrected chi connectivity index (χ4v) is 18.9. The first-order valence-electron chi connectivity index (χ1n) is 41.9. The highest BCUT2D eigenvalue weighted by Gasteiger charge is 2.26. The van der Waals surface area contributed by atoms with E-state index in [9.17, 15) is 9.59 Å². The molecule has 8 nitrogen and oxygen atoms in total. The summed E-state index contributed by atoms with van der Waals surface area (Å²) in [5.41, 5.74) is 4.72. The predicted molar refractivity (Wildman–Crippen MR) is 442 cm³/mol. The summed E-state index contributed by atoms with van der Waals surface area (Å²) in [5, 5.41) is 0. The predicted octanol–water partition coefficient (Wildman–Crippen LogP) is 30.6. The van der Waals surface area contributed by atoms with E-state index >= 15 is 0 Å². The van der Waals surface area contributed by atoms with Crippen molar-refractivity contribution in [3.05, 3.63) is 119 Å². The van der Waals surface area contributed by atoms with Gasteiger partial charge < -0.3 is 27.6 Å². The number of carbonyl (C=O) groups is 2. The molecule has 0 saturated carbocycles. The van der Waals surface area contributed by atoms with Gasteiger partial charge in [-0.1, -0.05) is 359 Å². The van der Waals surface area contributed by atoms with E-state index in [0.29, 0.717) is 26.1 Å². The second kappa shape index (κ2) is 62.7. The van der Waals surface area contributed by atoms with Gasteiger partial charge >= 0.3 is 27.1 Å². The van der Waals surface area contributed by atoms with Crippen molar-refractivity contribution in [3.63, 3.8) is 0 Å². The fraction of sp³-hybridized carbons (Fsp3) is 0.708. The molecule has 12 heteroatoms. The lowest BCUT2D eigenvalue weighted by Crippen LogP contribution is -2.18. The SMILES string of the molecule is CCCCCCCCCCOC(=O)CCCCCCCCCCSP(Oc1ccc(C(C)(C)c2ccc(OP(Oc3ccccc3CCCCCCCCCC)SCCCCCCCCCCC(=O)OCCCCCCCCCC)cc2)cc1)Oc1ccccc1CCCCCCCCCC. The summed E-state index contributed by atoms with van der Waals surface area (Å²) < 4.78 is 38.6. The van der Waals surface area contributed by atoms with Crippen molar-refractivity contribution in [1.82, 2.24) is 0 Å². The first-order chi connectivity index (χ1) is 49.7. The Morgan fingerprint density at radius 3 is 0.891 bits per heavy atom. The number of rotatable bonds is 70. The Bertz CT molecular complexity index is 2390. The Labute approximate surface area is 630 Å². The van der Waals surface area contributed by atoms with E-state index in [0.717, 1.165) is 98.7 Å². The summed E-state index contributed by atoms with van der Waals surface area (Å²) in [6, 6.07) is 34.7. The Kier molecular flexibility index (Phi) is 55.9. The summed E-state index contributed by atoms with van der Waals surface area (Å²) in [6.45, 7) is 14.9. The van der Waals surface area contributed by atoms with Crippen LogP contribution in [-0.2, 0) is 37.3 Å². The van der Waals surface area contributed by atoms with Gasteiger partial charge in [-0.15, -0.1) is 0 Å². The van der Waals surface area contributed by atoms with Gasteiger partial charge in [-0.25, -0.2) is 0 Å². The van der Waals surface area contributed by atoms with E-state index in [-0.39, 0.29) is 17.4 Å². The first kappa shape index (κ1) is 90.0. The standard InChI is InChI=1S/C89H146O8P2S2/c1-7-11-15-19-23-31-39-47-59-79-61-51-53-63-85(79)96-98(100-77-57-45-37-29-27-33-41-49-65-87(90)92-75-55-43-35-25-21-17-13-9-3)94-83-71-67-81(68-72-83)89(5,6)82-69-73-84(74-70-82)95-99(97-86-64-54-52-62-80(86)60-48-40-32-24-20-16-12-8-2)101-78-58-46-38-30-28-34-42-50-66-88(91)93-76-56-44-36-26-22-18-14-10-4/h51-54,61-64,67-74H,7-50,55-60,65-66,75-78H2,1-6H3. The number of unbranched alkanes of at least 4 members (excludes halogenated alkanes) is 42. The van der Waals surface area contributed by atoms with Crippen molar-refractivity contribution in [3.8, 4) is 23.0 Å². The number of ether oxygens (including phenoxy) is 2. The van der Waals surface area contributed by atoms with Gasteiger partial charge in [-0.05, 0) is 146 Å². The third-order valence-electron chi connectivity index (χ3n) is 19.9. The lowest BCUT2D eigenvalue weighted by atomic mass is 9.78. The van der Waals surface area contributed by atoms with Gasteiger partial charge in [-0.2, -0.15) is 0 Å². The molecule has 0 aliphatic rings. The number of aryl methyl sites for hydroxylation is 2. The van der Waals surface area contributed by atoms with Crippen LogP contribution >= 0.6 is 37.9 Å². The molecule has 0 aliphatic carbocycles. The normalized spacial score (nSPS) is 12.2. The molecule has 4 aromatic rings. The number of carbonyl (C=O) groups excluding carboxylic acids is 2. The van der Waals surface area contributed by atoms with Crippen molar-refractivity contribution in [1.29, 1.82) is 0 Å². The van der Waals surface area contributed by atoms with Crippen LogP contribution in [0.15, 0.2) is 97.1 Å². The number of hydrogen-bond acceptors (Lipinski definition) is 10. The molecule has 0 amide bonds. The van der Waals surface area contributed by atoms with Gasteiger partial charge in [0.15, 0.2) is 0 Å². The van der Waals surface area contributed by atoms with Crippen LogP contribution in [0, 0.1) is 0 Å². The third kappa shape index (κ3) is 46.3. The summed E-state index contributed by atoms with van der Waals surface area (Å²) in [6.07, 6.45) is 62.6. The second-order valence-corrected chi connectivity index (χ2v) is 35.7. The van der Waals surface area contributed by atoms with E-state index in [1.807, 2.05) is 22.8 Å². The smallest absolute Gasteiger partial charge is 0.360 e. The van der Waals surface area contributed by atoms with Crippen LogP contribution in [0.5, 0.6) is 23.0 Å². The molecule has 0 heterocycles. The van der Waals surface area contributed by atoms with Gasteiger partial charge in [-0.3, -0.25) is 9.59 Å². The molecular weight excluding hydrogens is 1320 g/mol. The third-order valence-corrected chi connectivity index (χ3v) is 25.9. The monoisotopic (exact) mass is 1470 g/mol. The average Bonchev–Trinajstić information content (AvgIpc) is 0.815. The van der Waals surface area contributed by atoms with Crippen molar-refractivity contribution >= 4 is 49.9 Å². The fourth-order valence-electron chi connectivity index (χ4n) is 13.1. The zero-order valence-corrected chi connectivity index (χ0v) is 68.7. The molecule has 0 bridgehead atoms. The Balaban J connectivity index is 1.29. The van der Waals surface area contributed by atoms with E-state index in [1.54, 1.807) is 0 Å². The van der Waals surface area contributed by atoms with E-state index in [2.05, 4.69) is 139 Å². The zero-order valence-electron chi connectivity index (χ0n) is 65.3. The highest BCUT2D eigenvalue weighted by Crippen LogP contribution is 2.54. The zero-order chi connectivity index (χ0) is 72.0. The molecule has 0 saturated heterocycles. The van der Waals surface area contributed by atoms with Crippen molar-refractivity contribution in [2.75, 3.05) is 24.7 Å². The Hall–Kier alpha value is -3.42. The van der Waals surface area contributed by atoms with Crippen LogP contribution < -0.4 is 18.1 Å². The summed E-state index contributed by atoms with van der Waals surface area (Å²) >= 11 is 3.66. The molecule has 0 N–H and O–H groups in total. The molecular formula is C89H146O8P2S2. The Morgan fingerprint density at radius 1 is 0.307 bits per heavy atom. The topological polar surface area (TPSA) is 89.5 Å². The number of para-hydroxylation sites is 2. The summed E-state index contributed by atoms with van der Waals surface area (Å²) in [5.74, 6) is 5.52. The van der Waals surface area contributed by atoms with Gasteiger partial charge in [0, 0.05) is 29.8 Å². The quantitative estimate of drug-likeness (QED) is 0.0242. The largest absolute Gasteiger partial charge is 0.466 e. The lowest BCUT2D eigenvalue weighted by molar-refractivity contribution is -0.144. The maximum Gasteiger partial charge on any atom is 0.360 e. The maximum absolute atomic E-state index is 12.3. The molecule has 0 spiro atoms. The molecule has 0 radical (unpaired) electrons. The molecule has 4 aromatic carbocycles. The Morgan fingerprint density at radius 2 is 0.574 bits per heavy atom. The molecule has 0 aliphatic heterocycles. The van der Waals surface area contributed by atoms with Crippen LogP contribution in [0.2, 0.25) is 0 Å². The highest BCUT2D eigenvalue weighted by atomic mass is 32.7. The van der Waals surface area contributed by atoms with Crippen LogP contribution in [0.1, 0.15) is 385 Å². The molecule has 0 fully saturated rings. The molecule has 2 unspecified atom stereocenters. The van der Waals surface area contributed by atoms with Crippen LogP contribution in [-0.4, -0.2) is 36.7 Å². The first-order valence-corrected chi connectivity index (χ1v) is 47.5. The molecule has 572 valence electrons. The maximum atomic E-state index is 12.3. The number of benzene rings is 4. The van der Waals surface area contributed by atoms with E-state index < -0.39 is 15.2 Å². The van der Waals surface area contributed by atoms with E-state index in [4.69, 9.17) is 27.6 Å². The minimum Gasteiger partial charge on any atom is -0.466 e. The lowest BCUT2D eigenvalue weighted by Gasteiger charge is -2.27. The summed E-state index contributed by atoms with van der Waals surface area (Å²) in [4.78, 5) is 24.6. The minimum atomic E-state index is -1.30. The highest BCUT2D eigenvalue weighted by molar-refractivity contribution is 8.53. The van der Waals surface area contributed by atoms with Crippen molar-refractivity contribution in [2.24, 2.45) is 0 Å². The van der Waals surface area contributed by atoms with Crippen molar-refractivity contribution in [2.45, 2.75) is 381 Å². The summed E-state index contributed by atoms with van der Waals surface area (Å²) in [7, 11) is -2.60. The van der Waals surface area contributed by atoms with Gasteiger partial charge in [0.1, 0.15) is 23.0 Å². The molecule has 0 aromatic heterocycles. The number of esters is 2. The molecule has 2 atom stereocenters. The number of hydrogen-bond donors (Lipinski definition) is 0. The van der Waals surface area contributed by atoms with E-state index in [1.165, 1.54) is 279 Å². The van der Waals surface area contributed by atoms with Gasteiger partial charge in [0.05, 0.1) is 13.2 Å². The second-order valence-electron chi connectivity index (χ2n) is 29.4. The molecule has 101 heavy (non-hydrogen) atoms. The van der Waals surface area contributed by atoms with Crippen LogP contribution in [0.4, 0.5) is 0 Å². The minimum absolute atomic E-state index is 0.0174. The van der Waals surface area contributed by atoms with Crippen molar-refractivity contribution < 1.29 is 37.2 Å². The van der Waals surface area contributed by atoms with Gasteiger partial charge in [0.2, 0.25) is 0 Å². The molecule has 4 rings (SSSR count). The van der Waals surface area contributed by atoms with Crippen LogP contribution in [0.25, 0.3) is 0 Å². The average molecular weight is 1470 g/mol. The van der Waals surface area contributed by atoms with Crippen LogP contribution in [0.3, 0.4) is 0 Å².